The lowest BCUT2D eigenvalue weighted by atomic mass is 10.1. The van der Waals surface area contributed by atoms with E-state index in [1.54, 1.807) is 18.2 Å². The van der Waals surface area contributed by atoms with Crippen LogP contribution in [0.2, 0.25) is 0 Å². The molecular weight excluding hydrogens is 465 g/mol. The van der Waals surface area contributed by atoms with E-state index in [4.69, 9.17) is 4.42 Å². The van der Waals surface area contributed by atoms with Crippen molar-refractivity contribution in [3.8, 4) is 0 Å². The summed E-state index contributed by atoms with van der Waals surface area (Å²) in [6.07, 6.45) is -4.50. The lowest BCUT2D eigenvalue weighted by Crippen LogP contribution is -2.12. The number of nitrogens with one attached hydrogen (secondary N) is 2. The summed E-state index contributed by atoms with van der Waals surface area (Å²) in [5, 5.41) is 15.9. The largest absolute Gasteiger partial charge is 0.433 e. The van der Waals surface area contributed by atoms with E-state index in [1.165, 1.54) is 6.07 Å². The molecule has 0 aliphatic carbocycles. The van der Waals surface area contributed by atoms with E-state index < -0.39 is 34.4 Å². The van der Waals surface area contributed by atoms with Gasteiger partial charge in [0.15, 0.2) is 10.9 Å². The van der Waals surface area contributed by atoms with Crippen LogP contribution in [0.1, 0.15) is 26.5 Å². The number of carbonyl (C=O) groups excluding carboxylic acids is 2. The van der Waals surface area contributed by atoms with Crippen LogP contribution in [0.15, 0.2) is 59.0 Å². The number of amides is 2. The van der Waals surface area contributed by atoms with Gasteiger partial charge in [-0.05, 0) is 48.5 Å². The fourth-order valence-electron chi connectivity index (χ4n) is 2.78. The fraction of sp³-hybridized carbons (Fsp3) is 0.0500. The Bertz CT molecular complexity index is 1380. The summed E-state index contributed by atoms with van der Waals surface area (Å²) in [4.78, 5) is 38.7. The number of fused-ring (bicyclic) bond motifs is 1. The molecule has 33 heavy (non-hydrogen) atoms. The quantitative estimate of drug-likeness (QED) is 0.296. The van der Waals surface area contributed by atoms with Crippen molar-refractivity contribution in [2.75, 3.05) is 10.6 Å². The molecule has 0 bridgehead atoms. The monoisotopic (exact) mass is 476 g/mol. The number of halogens is 3. The van der Waals surface area contributed by atoms with Crippen LogP contribution < -0.4 is 10.6 Å². The Hall–Kier alpha value is -4.26. The van der Waals surface area contributed by atoms with Crippen LogP contribution in [0, 0.1) is 10.1 Å². The third kappa shape index (κ3) is 4.82. The van der Waals surface area contributed by atoms with Crippen LogP contribution in [0.25, 0.3) is 10.2 Å². The van der Waals surface area contributed by atoms with Crippen LogP contribution >= 0.6 is 11.3 Å². The first-order valence-electron chi connectivity index (χ1n) is 9.05. The van der Waals surface area contributed by atoms with Crippen molar-refractivity contribution in [3.05, 3.63) is 81.6 Å². The molecule has 0 spiro atoms. The number of rotatable bonds is 5. The minimum atomic E-state index is -4.50. The van der Waals surface area contributed by atoms with E-state index in [9.17, 15) is 32.9 Å². The second-order valence-electron chi connectivity index (χ2n) is 6.58. The van der Waals surface area contributed by atoms with Crippen LogP contribution in [0.5, 0.6) is 0 Å². The number of hydrogen-bond donors (Lipinski definition) is 2. The zero-order valence-corrected chi connectivity index (χ0v) is 17.0. The third-order valence-electron chi connectivity index (χ3n) is 4.34. The number of alkyl halides is 3. The van der Waals surface area contributed by atoms with Gasteiger partial charge in [0.25, 0.3) is 11.8 Å². The molecule has 2 aromatic heterocycles. The van der Waals surface area contributed by atoms with Crippen molar-refractivity contribution < 1.29 is 32.1 Å². The molecule has 13 heteroatoms. The van der Waals surface area contributed by atoms with Crippen molar-refractivity contribution in [3.63, 3.8) is 0 Å². The summed E-state index contributed by atoms with van der Waals surface area (Å²) in [7, 11) is 0. The molecule has 2 N–H and O–H groups in total. The maximum Gasteiger partial charge on any atom is 0.433 e. The Labute approximate surface area is 186 Å². The maximum atomic E-state index is 12.7. The standard InChI is InChI=1S/C20H11F3N4O5S/c21-20(22,23)11-3-1-10(2-4-11)17(28)26-19-25-13-6-5-12(9-15(13)33-19)24-18(29)14-7-8-16(32-14)27(30)31/h1-9H,(H,24,29)(H,25,26,28). The fourth-order valence-corrected chi connectivity index (χ4v) is 3.68. The van der Waals surface area contributed by atoms with Gasteiger partial charge in [0.2, 0.25) is 0 Å². The van der Waals surface area contributed by atoms with Crippen LogP contribution in [-0.2, 0) is 6.18 Å². The summed E-state index contributed by atoms with van der Waals surface area (Å²) in [6.45, 7) is 0. The van der Waals surface area contributed by atoms with E-state index in [0.29, 0.717) is 15.9 Å². The summed E-state index contributed by atoms with van der Waals surface area (Å²) < 4.78 is 43.4. The first-order valence-corrected chi connectivity index (χ1v) is 9.86. The summed E-state index contributed by atoms with van der Waals surface area (Å²) in [6, 6.07) is 10.7. The van der Waals surface area contributed by atoms with E-state index in [2.05, 4.69) is 15.6 Å². The molecule has 0 saturated heterocycles. The Balaban J connectivity index is 1.46. The number of hydrogen-bond acceptors (Lipinski definition) is 7. The zero-order chi connectivity index (χ0) is 23.8. The van der Waals surface area contributed by atoms with Gasteiger partial charge in [0.1, 0.15) is 4.92 Å². The topological polar surface area (TPSA) is 127 Å². The van der Waals surface area contributed by atoms with Gasteiger partial charge in [-0.15, -0.1) is 0 Å². The van der Waals surface area contributed by atoms with Gasteiger partial charge in [-0.25, -0.2) is 4.98 Å². The molecule has 2 heterocycles. The van der Waals surface area contributed by atoms with Crippen molar-refractivity contribution in [2.45, 2.75) is 6.18 Å². The molecule has 2 aromatic carbocycles. The van der Waals surface area contributed by atoms with E-state index in [0.717, 1.165) is 41.7 Å². The lowest BCUT2D eigenvalue weighted by molar-refractivity contribution is -0.402. The number of carbonyl (C=O) groups is 2. The number of aromatic nitrogens is 1. The molecule has 0 radical (unpaired) electrons. The second-order valence-corrected chi connectivity index (χ2v) is 7.61. The maximum absolute atomic E-state index is 12.7. The smallest absolute Gasteiger partial charge is 0.395 e. The molecular formula is C20H11F3N4O5S. The van der Waals surface area contributed by atoms with Crippen molar-refractivity contribution in [2.24, 2.45) is 0 Å². The van der Waals surface area contributed by atoms with E-state index in [1.807, 2.05) is 0 Å². The second kappa shape index (κ2) is 8.35. The Morgan fingerprint density at radius 2 is 1.73 bits per heavy atom. The van der Waals surface area contributed by atoms with Crippen LogP contribution in [-0.4, -0.2) is 21.7 Å². The first kappa shape index (κ1) is 22.0. The predicted molar refractivity (Wildman–Crippen MR) is 112 cm³/mol. The first-order chi connectivity index (χ1) is 15.6. The molecule has 9 nitrogen and oxygen atoms in total. The van der Waals surface area contributed by atoms with Crippen LogP contribution in [0.3, 0.4) is 0 Å². The number of benzene rings is 2. The summed E-state index contributed by atoms with van der Waals surface area (Å²) >= 11 is 1.09. The van der Waals surface area contributed by atoms with Gasteiger partial charge in [0, 0.05) is 11.3 Å². The number of thiazole rings is 1. The highest BCUT2D eigenvalue weighted by Crippen LogP contribution is 2.31. The van der Waals surface area contributed by atoms with Gasteiger partial charge in [-0.3, -0.25) is 25.0 Å². The predicted octanol–water partition coefficient (Wildman–Crippen LogP) is 5.32. The van der Waals surface area contributed by atoms with Gasteiger partial charge in [-0.2, -0.15) is 13.2 Å². The molecule has 0 fully saturated rings. The lowest BCUT2D eigenvalue weighted by Gasteiger charge is -2.07. The summed E-state index contributed by atoms with van der Waals surface area (Å²) in [5.41, 5.74) is 0.0330. The number of anilines is 2. The minimum absolute atomic E-state index is 0.0303. The number of furan rings is 1. The molecule has 0 saturated carbocycles. The van der Waals surface area contributed by atoms with Crippen molar-refractivity contribution in [1.29, 1.82) is 0 Å². The SMILES string of the molecule is O=C(Nc1nc2ccc(NC(=O)c3ccc([N+](=O)[O-])o3)cc2s1)c1ccc(C(F)(F)F)cc1. The molecule has 0 unspecified atom stereocenters. The van der Waals surface area contributed by atoms with Gasteiger partial charge < -0.3 is 9.73 Å². The van der Waals surface area contributed by atoms with Gasteiger partial charge in [-0.1, -0.05) is 11.3 Å². The molecule has 0 aliphatic heterocycles. The average Bonchev–Trinajstić information content (AvgIpc) is 3.40. The Morgan fingerprint density at radius 1 is 1.00 bits per heavy atom. The Kier molecular flexibility index (Phi) is 5.55. The van der Waals surface area contributed by atoms with Crippen molar-refractivity contribution in [1.82, 2.24) is 4.98 Å². The molecule has 4 rings (SSSR count). The third-order valence-corrected chi connectivity index (χ3v) is 5.27. The molecule has 0 atom stereocenters. The number of nitrogens with zero attached hydrogens (tertiary/aromatic N) is 2. The summed E-state index contributed by atoms with van der Waals surface area (Å²) in [5.74, 6) is -2.12. The Morgan fingerprint density at radius 3 is 2.36 bits per heavy atom. The van der Waals surface area contributed by atoms with E-state index in [-0.39, 0.29) is 16.5 Å². The molecule has 168 valence electrons. The highest BCUT2D eigenvalue weighted by molar-refractivity contribution is 7.22. The highest BCUT2D eigenvalue weighted by Gasteiger charge is 2.30. The zero-order valence-electron chi connectivity index (χ0n) is 16.2. The highest BCUT2D eigenvalue weighted by atomic mass is 32.1. The van der Waals surface area contributed by atoms with E-state index >= 15 is 0 Å². The van der Waals surface area contributed by atoms with Crippen molar-refractivity contribution >= 4 is 50.1 Å². The number of nitro groups is 1. The molecule has 2 amide bonds. The van der Waals surface area contributed by atoms with Gasteiger partial charge >= 0.3 is 12.1 Å². The van der Waals surface area contributed by atoms with Gasteiger partial charge in [0.05, 0.1) is 21.8 Å². The minimum Gasteiger partial charge on any atom is -0.395 e. The normalized spacial score (nSPS) is 11.4. The average molecular weight is 476 g/mol. The molecule has 4 aromatic rings. The molecule has 0 aliphatic rings. The van der Waals surface area contributed by atoms with Crippen LogP contribution in [0.4, 0.5) is 29.9 Å².